The molecule has 0 aromatic rings. The Balaban J connectivity index is 4.21. The highest BCUT2D eigenvalue weighted by Gasteiger charge is 2.15. The third kappa shape index (κ3) is 9.38. The maximum Gasteiger partial charge on any atom is 0.411 e. The highest BCUT2D eigenvalue weighted by atomic mass is 16.6. The molecule has 4 nitrogen and oxygen atoms in total. The van der Waals surface area contributed by atoms with Crippen molar-refractivity contribution in [3.63, 3.8) is 0 Å². The molecule has 0 radical (unpaired) electrons. The minimum atomic E-state index is -0.509. The van der Waals surface area contributed by atoms with Gasteiger partial charge in [0.05, 0.1) is 6.61 Å². The van der Waals surface area contributed by atoms with Crippen LogP contribution in [0.5, 0.6) is 0 Å². The van der Waals surface area contributed by atoms with Crippen molar-refractivity contribution < 1.29 is 14.6 Å². The van der Waals surface area contributed by atoms with Crippen LogP contribution < -0.4 is 5.32 Å². The molecule has 0 bridgehead atoms. The molecule has 0 unspecified atom stereocenters. The number of aliphatic hydroxyl groups excluding tert-OH is 1. The summed E-state index contributed by atoms with van der Waals surface area (Å²) in [7, 11) is 0. The van der Waals surface area contributed by atoms with Gasteiger partial charge in [0.1, 0.15) is 5.60 Å². The van der Waals surface area contributed by atoms with Gasteiger partial charge in [0.15, 0.2) is 0 Å². The second-order valence-corrected chi connectivity index (χ2v) is 4.65. The van der Waals surface area contributed by atoms with Crippen molar-refractivity contribution in [3.8, 4) is 0 Å². The van der Waals surface area contributed by atoms with Gasteiger partial charge in [-0.05, 0) is 39.3 Å². The summed E-state index contributed by atoms with van der Waals surface area (Å²) >= 11 is 0. The van der Waals surface area contributed by atoms with E-state index in [0.29, 0.717) is 11.3 Å². The molecular weight excluding hydrogens is 218 g/mol. The van der Waals surface area contributed by atoms with Gasteiger partial charge in [0.2, 0.25) is 0 Å². The molecule has 0 rings (SSSR count). The zero-order chi connectivity index (χ0) is 13.5. The number of ether oxygens (including phenoxy) is 1. The van der Waals surface area contributed by atoms with Crippen LogP contribution in [0.4, 0.5) is 4.79 Å². The first-order valence-corrected chi connectivity index (χ1v) is 5.38. The smallest absolute Gasteiger partial charge is 0.411 e. The Hall–Kier alpha value is -1.55. The maximum atomic E-state index is 11.4. The fraction of sp³-hybridized carbons (Fsp3) is 0.462. The average molecular weight is 239 g/mol. The van der Waals surface area contributed by atoms with Gasteiger partial charge in [0, 0.05) is 5.70 Å². The number of aliphatic hydroxyl groups is 1. The summed E-state index contributed by atoms with van der Waals surface area (Å²) < 4.78 is 5.08. The second-order valence-electron chi connectivity index (χ2n) is 4.65. The van der Waals surface area contributed by atoms with E-state index in [9.17, 15) is 4.79 Å². The first-order valence-electron chi connectivity index (χ1n) is 5.38. The minimum Gasteiger partial charge on any atom is -0.444 e. The van der Waals surface area contributed by atoms with Gasteiger partial charge in [-0.1, -0.05) is 18.7 Å². The SMILES string of the molecule is C=C(/C=C\C=C(/C)NC(=O)OC(C)(C)C)CO. The molecule has 0 saturated carbocycles. The van der Waals surface area contributed by atoms with Gasteiger partial charge < -0.3 is 9.84 Å². The number of carbonyl (C=O) groups excluding carboxylic acids is 1. The average Bonchev–Trinajstić information content (AvgIpc) is 2.13. The van der Waals surface area contributed by atoms with Gasteiger partial charge >= 0.3 is 6.09 Å². The molecule has 0 aliphatic heterocycles. The van der Waals surface area contributed by atoms with Crippen LogP contribution in [0.3, 0.4) is 0 Å². The van der Waals surface area contributed by atoms with Crippen LogP contribution in [0.25, 0.3) is 0 Å². The minimum absolute atomic E-state index is 0.0805. The van der Waals surface area contributed by atoms with E-state index in [0.717, 1.165) is 0 Å². The Labute approximate surface area is 103 Å². The molecule has 0 aliphatic carbocycles. The second kappa shape index (κ2) is 6.91. The number of carbonyl (C=O) groups is 1. The first-order chi connectivity index (χ1) is 7.74. The highest BCUT2D eigenvalue weighted by Crippen LogP contribution is 2.07. The summed E-state index contributed by atoms with van der Waals surface area (Å²) in [5.41, 5.74) is 0.748. The molecule has 0 saturated heterocycles. The number of alkyl carbamates (subject to hydrolysis) is 1. The molecule has 17 heavy (non-hydrogen) atoms. The Morgan fingerprint density at radius 3 is 2.53 bits per heavy atom. The maximum absolute atomic E-state index is 11.4. The van der Waals surface area contributed by atoms with Crippen molar-refractivity contribution in [3.05, 3.63) is 36.1 Å². The van der Waals surface area contributed by atoms with Crippen LogP contribution in [-0.2, 0) is 4.74 Å². The number of rotatable bonds is 4. The Bertz CT molecular complexity index is 335. The molecule has 0 aromatic carbocycles. The number of hydrogen-bond donors (Lipinski definition) is 2. The van der Waals surface area contributed by atoms with Gasteiger partial charge in [-0.25, -0.2) is 4.79 Å². The van der Waals surface area contributed by atoms with Crippen LogP contribution in [0.2, 0.25) is 0 Å². The Kier molecular flexibility index (Phi) is 6.28. The monoisotopic (exact) mass is 239 g/mol. The van der Waals surface area contributed by atoms with E-state index in [-0.39, 0.29) is 6.61 Å². The van der Waals surface area contributed by atoms with E-state index in [4.69, 9.17) is 9.84 Å². The number of amides is 1. The zero-order valence-electron chi connectivity index (χ0n) is 10.9. The van der Waals surface area contributed by atoms with Crippen LogP contribution in [0, 0.1) is 0 Å². The lowest BCUT2D eigenvalue weighted by molar-refractivity contribution is 0.0546. The van der Waals surface area contributed by atoms with Crippen molar-refractivity contribution >= 4 is 6.09 Å². The number of hydrogen-bond acceptors (Lipinski definition) is 3. The lowest BCUT2D eigenvalue weighted by atomic mass is 10.2. The van der Waals surface area contributed by atoms with E-state index < -0.39 is 11.7 Å². The molecule has 0 heterocycles. The van der Waals surface area contributed by atoms with E-state index in [2.05, 4.69) is 11.9 Å². The summed E-state index contributed by atoms with van der Waals surface area (Å²) in [6.45, 7) is 10.7. The largest absolute Gasteiger partial charge is 0.444 e. The summed E-state index contributed by atoms with van der Waals surface area (Å²) in [6, 6.07) is 0. The first kappa shape index (κ1) is 15.4. The van der Waals surface area contributed by atoms with Gasteiger partial charge in [-0.2, -0.15) is 0 Å². The molecule has 1 amide bonds. The normalized spacial score (nSPS) is 12.6. The van der Waals surface area contributed by atoms with Crippen LogP contribution in [0.1, 0.15) is 27.7 Å². The summed E-state index contributed by atoms with van der Waals surface area (Å²) in [5.74, 6) is 0. The molecule has 4 heteroatoms. The van der Waals surface area contributed by atoms with Gasteiger partial charge in [0.25, 0.3) is 0 Å². The van der Waals surface area contributed by atoms with Crippen LogP contribution >= 0.6 is 0 Å². The third-order valence-electron chi connectivity index (χ3n) is 1.58. The summed E-state index contributed by atoms with van der Waals surface area (Å²) in [6.07, 6.45) is 4.58. The topological polar surface area (TPSA) is 58.6 Å². The predicted molar refractivity (Wildman–Crippen MR) is 68.5 cm³/mol. The summed E-state index contributed by atoms with van der Waals surface area (Å²) in [5, 5.41) is 11.3. The highest BCUT2D eigenvalue weighted by molar-refractivity contribution is 5.69. The predicted octanol–water partition coefficient (Wildman–Crippen LogP) is 2.52. The Morgan fingerprint density at radius 2 is 2.06 bits per heavy atom. The van der Waals surface area contributed by atoms with Crippen molar-refractivity contribution in [2.75, 3.05) is 6.61 Å². The molecule has 0 fully saturated rings. The van der Waals surface area contributed by atoms with Crippen molar-refractivity contribution in [2.24, 2.45) is 0 Å². The Morgan fingerprint density at radius 1 is 1.47 bits per heavy atom. The molecule has 0 spiro atoms. The van der Waals surface area contributed by atoms with Gasteiger partial charge in [-0.15, -0.1) is 0 Å². The molecule has 0 aliphatic rings. The molecule has 0 aromatic heterocycles. The lowest BCUT2D eigenvalue weighted by Crippen LogP contribution is -2.31. The van der Waals surface area contributed by atoms with Crippen molar-refractivity contribution in [2.45, 2.75) is 33.3 Å². The molecular formula is C13H21NO3. The van der Waals surface area contributed by atoms with E-state index in [1.54, 1.807) is 45.9 Å². The summed E-state index contributed by atoms with van der Waals surface area (Å²) in [4.78, 5) is 11.4. The zero-order valence-corrected chi connectivity index (χ0v) is 10.9. The fourth-order valence-electron chi connectivity index (χ4n) is 0.888. The van der Waals surface area contributed by atoms with Gasteiger partial charge in [-0.3, -0.25) is 5.32 Å². The van der Waals surface area contributed by atoms with Crippen LogP contribution in [0.15, 0.2) is 36.1 Å². The number of nitrogens with one attached hydrogen (secondary N) is 1. The number of allylic oxidation sites excluding steroid dienone is 3. The lowest BCUT2D eigenvalue weighted by Gasteiger charge is -2.19. The van der Waals surface area contributed by atoms with Crippen LogP contribution in [-0.4, -0.2) is 23.4 Å². The molecule has 96 valence electrons. The third-order valence-corrected chi connectivity index (χ3v) is 1.58. The van der Waals surface area contributed by atoms with E-state index in [1.165, 1.54) is 0 Å². The van der Waals surface area contributed by atoms with E-state index >= 15 is 0 Å². The molecule has 2 N–H and O–H groups in total. The fourth-order valence-corrected chi connectivity index (χ4v) is 0.888. The quantitative estimate of drug-likeness (QED) is 0.741. The van der Waals surface area contributed by atoms with Crippen molar-refractivity contribution in [1.82, 2.24) is 5.32 Å². The standard InChI is InChI=1S/C13H21NO3/c1-10(9-15)7-6-8-11(2)14-12(16)17-13(3,4)5/h6-8,15H,1,9H2,2-5H3,(H,14,16)/b7-6-,11-8+. The van der Waals surface area contributed by atoms with E-state index in [1.807, 2.05) is 0 Å². The van der Waals surface area contributed by atoms with Crippen molar-refractivity contribution in [1.29, 1.82) is 0 Å². The molecule has 0 atom stereocenters.